The first kappa shape index (κ1) is 33.4. The van der Waals surface area contributed by atoms with E-state index in [2.05, 4.69) is 100 Å². The van der Waals surface area contributed by atoms with E-state index in [0.717, 1.165) is 62.5 Å². The molecular weight excluding hydrogens is 637 g/mol. The number of amides is 1. The first-order valence-corrected chi connectivity index (χ1v) is 18.6. The van der Waals surface area contributed by atoms with Crippen LogP contribution in [-0.4, -0.2) is 108 Å². The summed E-state index contributed by atoms with van der Waals surface area (Å²) >= 11 is 0. The van der Waals surface area contributed by atoms with Gasteiger partial charge in [0.2, 0.25) is 5.91 Å². The van der Waals surface area contributed by atoms with Gasteiger partial charge in [-0.2, -0.15) is 15.2 Å². The molecule has 0 radical (unpaired) electrons. The largest absolute Gasteiger partial charge is 0.462 e. The molecule has 0 aliphatic carbocycles. The summed E-state index contributed by atoms with van der Waals surface area (Å²) in [5.74, 6) is 1.05. The van der Waals surface area contributed by atoms with Gasteiger partial charge >= 0.3 is 6.01 Å². The topological polar surface area (TPSA) is 91.8 Å². The first-order chi connectivity index (χ1) is 25.0. The Hall–Kier alpha value is -4.72. The third kappa shape index (κ3) is 6.97. The number of carbonyl (C=O) groups is 1. The standard InChI is InChI=1S/C41H48N8O2/c1-29-9-6-12-31-13-7-15-36(38(29)31)46-22-18-34-35(26-46)43-41(51-28-33-14-8-20-45(33)2)44-39(34)48-23-24-49(32(25-48)16-19-42)40(50)37-27-47(37)21-17-30-10-4-3-5-11-30/h3-7,9-13,15,32-33,37H,8,14,16-18,20-28H2,1-2H3/t32?,33?,37?,47-/m1/s1. The van der Waals surface area contributed by atoms with Gasteiger partial charge in [0.25, 0.3) is 0 Å². The molecule has 264 valence electrons. The van der Waals surface area contributed by atoms with Crippen molar-refractivity contribution in [2.75, 3.05) is 69.3 Å². The molecule has 10 nitrogen and oxygen atoms in total. The summed E-state index contributed by atoms with van der Waals surface area (Å²) in [6, 6.07) is 26.3. The number of likely N-dealkylation sites (N-methyl/N-ethyl adjacent to an activating group) is 1. The number of likely N-dealkylation sites (tertiary alicyclic amines) is 1. The van der Waals surface area contributed by atoms with Crippen LogP contribution in [0.1, 0.15) is 41.6 Å². The molecule has 3 unspecified atom stereocenters. The van der Waals surface area contributed by atoms with Crippen molar-refractivity contribution in [2.45, 2.75) is 63.7 Å². The fourth-order valence-corrected chi connectivity index (χ4v) is 8.43. The fraction of sp³-hybridized carbons (Fsp3) is 0.463. The van der Waals surface area contributed by atoms with Crippen LogP contribution in [0.25, 0.3) is 10.8 Å². The lowest BCUT2D eigenvalue weighted by atomic mass is 9.99. The van der Waals surface area contributed by atoms with Crippen molar-refractivity contribution in [2.24, 2.45) is 0 Å². The molecule has 4 aliphatic heterocycles. The number of aryl methyl sites for hydroxylation is 1. The second-order valence-electron chi connectivity index (χ2n) is 14.7. The van der Waals surface area contributed by atoms with Crippen LogP contribution in [0.15, 0.2) is 66.7 Å². The summed E-state index contributed by atoms with van der Waals surface area (Å²) in [5.41, 5.74) is 5.93. The molecule has 4 atom stereocenters. The average Bonchev–Trinajstić information content (AvgIpc) is 3.83. The van der Waals surface area contributed by atoms with Crippen LogP contribution in [0.5, 0.6) is 6.01 Å². The number of rotatable bonds is 10. The lowest BCUT2D eigenvalue weighted by Gasteiger charge is -2.42. The summed E-state index contributed by atoms with van der Waals surface area (Å²) < 4.78 is 6.40. The lowest BCUT2D eigenvalue weighted by molar-refractivity contribution is -0.134. The number of aromatic nitrogens is 2. The molecule has 3 saturated heterocycles. The van der Waals surface area contributed by atoms with E-state index >= 15 is 0 Å². The Labute approximate surface area is 301 Å². The third-order valence-corrected chi connectivity index (χ3v) is 11.5. The zero-order valence-electron chi connectivity index (χ0n) is 29.9. The molecule has 0 N–H and O–H groups in total. The van der Waals surface area contributed by atoms with Crippen molar-refractivity contribution >= 4 is 28.2 Å². The van der Waals surface area contributed by atoms with Gasteiger partial charge in [0, 0.05) is 61.9 Å². The van der Waals surface area contributed by atoms with E-state index in [-0.39, 0.29) is 24.4 Å². The zero-order valence-corrected chi connectivity index (χ0v) is 29.9. The number of nitrogens with zero attached hydrogens (tertiary/aromatic N) is 8. The highest BCUT2D eigenvalue weighted by Crippen LogP contribution is 2.36. The van der Waals surface area contributed by atoms with Gasteiger partial charge in [-0.05, 0) is 68.8 Å². The van der Waals surface area contributed by atoms with Crippen LogP contribution in [-0.2, 0) is 24.2 Å². The Morgan fingerprint density at radius 3 is 2.59 bits per heavy atom. The predicted octanol–water partition coefficient (Wildman–Crippen LogP) is 4.83. The first-order valence-electron chi connectivity index (χ1n) is 18.6. The Kier molecular flexibility index (Phi) is 9.50. The van der Waals surface area contributed by atoms with Crippen LogP contribution in [0, 0.1) is 18.3 Å². The van der Waals surface area contributed by atoms with E-state index in [1.807, 2.05) is 11.0 Å². The predicted molar refractivity (Wildman–Crippen MR) is 200 cm³/mol. The van der Waals surface area contributed by atoms with Crippen LogP contribution in [0.2, 0.25) is 0 Å². The van der Waals surface area contributed by atoms with Crippen molar-refractivity contribution in [3.05, 3.63) is 89.1 Å². The van der Waals surface area contributed by atoms with Gasteiger partial charge in [-0.3, -0.25) is 9.69 Å². The summed E-state index contributed by atoms with van der Waals surface area (Å²) in [4.78, 5) is 35.3. The van der Waals surface area contributed by atoms with Gasteiger partial charge in [0.05, 0.1) is 30.8 Å². The number of benzene rings is 3. The van der Waals surface area contributed by atoms with E-state index in [1.54, 1.807) is 0 Å². The molecule has 4 aliphatic rings. The number of carbonyl (C=O) groups excluding carboxylic acids is 1. The smallest absolute Gasteiger partial charge is 0.318 e. The minimum absolute atomic E-state index is 0.0920. The van der Waals surface area contributed by atoms with Crippen molar-refractivity contribution < 1.29 is 9.53 Å². The maximum Gasteiger partial charge on any atom is 0.318 e. The molecule has 51 heavy (non-hydrogen) atoms. The van der Waals surface area contributed by atoms with Gasteiger partial charge in [-0.1, -0.05) is 60.7 Å². The average molecular weight is 685 g/mol. The second kappa shape index (κ2) is 14.5. The number of fused-ring (bicyclic) bond motifs is 2. The van der Waals surface area contributed by atoms with E-state index in [4.69, 9.17) is 14.7 Å². The highest BCUT2D eigenvalue weighted by Gasteiger charge is 2.45. The van der Waals surface area contributed by atoms with Gasteiger partial charge in [-0.15, -0.1) is 0 Å². The highest BCUT2D eigenvalue weighted by atomic mass is 16.5. The molecule has 0 bridgehead atoms. The monoisotopic (exact) mass is 684 g/mol. The number of anilines is 2. The summed E-state index contributed by atoms with van der Waals surface area (Å²) in [6.07, 6.45) is 4.31. The minimum atomic E-state index is -0.200. The van der Waals surface area contributed by atoms with Crippen molar-refractivity contribution in [1.82, 2.24) is 24.7 Å². The molecule has 10 heteroatoms. The second-order valence-corrected chi connectivity index (χ2v) is 14.7. The normalized spacial score (nSPS) is 23.3. The molecule has 0 saturated carbocycles. The number of hydrogen-bond acceptors (Lipinski definition) is 9. The van der Waals surface area contributed by atoms with E-state index < -0.39 is 0 Å². The summed E-state index contributed by atoms with van der Waals surface area (Å²) in [5, 5.41) is 12.4. The number of nitriles is 1. The summed E-state index contributed by atoms with van der Waals surface area (Å²) in [6.45, 7) is 8.78. The molecule has 3 fully saturated rings. The number of piperazine rings is 1. The maximum absolute atomic E-state index is 13.8. The maximum atomic E-state index is 13.8. The molecule has 1 amide bonds. The van der Waals surface area contributed by atoms with E-state index in [0.29, 0.717) is 44.8 Å². The quantitative estimate of drug-likeness (QED) is 0.218. The molecule has 4 aromatic rings. The van der Waals surface area contributed by atoms with Crippen LogP contribution in [0.3, 0.4) is 0 Å². The van der Waals surface area contributed by atoms with Crippen molar-refractivity contribution in [1.29, 1.82) is 5.26 Å². The van der Waals surface area contributed by atoms with Crippen molar-refractivity contribution in [3.63, 3.8) is 0 Å². The van der Waals surface area contributed by atoms with Crippen molar-refractivity contribution in [3.8, 4) is 12.1 Å². The van der Waals surface area contributed by atoms with Crippen LogP contribution < -0.4 is 14.5 Å². The molecule has 3 aromatic carbocycles. The van der Waals surface area contributed by atoms with Gasteiger partial charge in [0.1, 0.15) is 18.5 Å². The van der Waals surface area contributed by atoms with Crippen LogP contribution >= 0.6 is 0 Å². The third-order valence-electron chi connectivity index (χ3n) is 11.5. The lowest BCUT2D eigenvalue weighted by Crippen LogP contribution is -2.57. The molecular formula is C41H48N8O2. The minimum Gasteiger partial charge on any atom is -0.462 e. The molecule has 1 aromatic heterocycles. The summed E-state index contributed by atoms with van der Waals surface area (Å²) in [7, 11) is 2.16. The van der Waals surface area contributed by atoms with Gasteiger partial charge in [-0.25, -0.2) is 0 Å². The Balaban J connectivity index is 1.03. The Morgan fingerprint density at radius 1 is 0.941 bits per heavy atom. The Bertz CT molecular complexity index is 1920. The zero-order chi connectivity index (χ0) is 34.9. The Morgan fingerprint density at radius 2 is 1.78 bits per heavy atom. The molecule has 5 heterocycles. The molecule has 0 spiro atoms. The van der Waals surface area contributed by atoms with E-state index in [9.17, 15) is 10.1 Å². The fourth-order valence-electron chi connectivity index (χ4n) is 8.43. The van der Waals surface area contributed by atoms with Gasteiger partial charge < -0.3 is 24.3 Å². The number of ether oxygens (including phenoxy) is 1. The highest BCUT2D eigenvalue weighted by molar-refractivity contribution is 5.97. The van der Waals surface area contributed by atoms with Crippen LogP contribution in [0.4, 0.5) is 11.5 Å². The van der Waals surface area contributed by atoms with E-state index in [1.165, 1.54) is 34.0 Å². The SMILES string of the molecule is Cc1cccc2cccc(N3CCc4c(nc(OCC5CCCN5C)nc4N4CCN(C(=O)C5C[N@@]5CCc5ccccc5)C(CC#N)C4)C3)c12. The molecule has 8 rings (SSSR count). The number of hydrogen-bond donors (Lipinski definition) is 0. The van der Waals surface area contributed by atoms with Gasteiger partial charge in [0.15, 0.2) is 0 Å².